The zero-order valence-electron chi connectivity index (χ0n) is 13.8. The van der Waals surface area contributed by atoms with Crippen molar-refractivity contribution in [3.63, 3.8) is 0 Å². The monoisotopic (exact) mass is 372 g/mol. The summed E-state index contributed by atoms with van der Waals surface area (Å²) in [6.07, 6.45) is 0. The fourth-order valence-electron chi connectivity index (χ4n) is 2.58. The van der Waals surface area contributed by atoms with Crippen LogP contribution in [0.4, 0.5) is 0 Å². The highest BCUT2D eigenvalue weighted by Crippen LogP contribution is 2.29. The topological polar surface area (TPSA) is 63.6 Å². The highest BCUT2D eigenvalue weighted by atomic mass is 32.2. The summed E-state index contributed by atoms with van der Waals surface area (Å²) in [5, 5.41) is 9.18. The van der Waals surface area contributed by atoms with Crippen LogP contribution in [-0.4, -0.2) is 38.2 Å². The number of carbonyl (C=O) groups excluding carboxylic acids is 1. The van der Waals surface area contributed by atoms with Crippen LogP contribution in [0.15, 0.2) is 46.0 Å². The fraction of sp³-hybridized carbons (Fsp3) is 0.235. The third kappa shape index (κ3) is 3.14. The van der Waals surface area contributed by atoms with Gasteiger partial charge in [0.2, 0.25) is 10.9 Å². The van der Waals surface area contributed by atoms with Crippen LogP contribution in [0.2, 0.25) is 0 Å². The molecule has 0 N–H and O–H groups in total. The van der Waals surface area contributed by atoms with E-state index in [1.165, 1.54) is 11.8 Å². The summed E-state index contributed by atoms with van der Waals surface area (Å²) >= 11 is 3.00. The number of para-hydroxylation sites is 1. The SMILES string of the molecule is Cc1ccc(CN(C)C(=O)CSc2nnc3sc4ccccc4n23)o1. The van der Waals surface area contributed by atoms with E-state index in [1.807, 2.05) is 41.7 Å². The van der Waals surface area contributed by atoms with Gasteiger partial charge < -0.3 is 9.32 Å². The lowest BCUT2D eigenvalue weighted by atomic mass is 10.3. The molecule has 4 rings (SSSR count). The number of nitrogens with zero attached hydrogens (tertiary/aromatic N) is 4. The van der Waals surface area contributed by atoms with E-state index in [4.69, 9.17) is 4.42 Å². The lowest BCUT2D eigenvalue weighted by molar-refractivity contribution is -0.127. The maximum Gasteiger partial charge on any atom is 0.233 e. The van der Waals surface area contributed by atoms with Crippen molar-refractivity contribution in [1.82, 2.24) is 19.5 Å². The molecule has 3 heterocycles. The van der Waals surface area contributed by atoms with Crippen LogP contribution in [0.25, 0.3) is 15.2 Å². The molecule has 0 aliphatic carbocycles. The molecule has 0 unspecified atom stereocenters. The molecule has 1 aromatic carbocycles. The smallest absolute Gasteiger partial charge is 0.233 e. The van der Waals surface area contributed by atoms with Crippen molar-refractivity contribution in [2.75, 3.05) is 12.8 Å². The van der Waals surface area contributed by atoms with Crippen LogP contribution in [0.3, 0.4) is 0 Å². The van der Waals surface area contributed by atoms with Gasteiger partial charge in [0.05, 0.1) is 22.5 Å². The largest absolute Gasteiger partial charge is 0.464 e. The van der Waals surface area contributed by atoms with Gasteiger partial charge in [0.1, 0.15) is 11.5 Å². The Balaban J connectivity index is 1.47. The number of hydrogen-bond acceptors (Lipinski definition) is 6. The quantitative estimate of drug-likeness (QED) is 0.501. The summed E-state index contributed by atoms with van der Waals surface area (Å²) in [6, 6.07) is 11.9. The van der Waals surface area contributed by atoms with E-state index in [0.717, 1.165) is 31.9 Å². The standard InChI is InChI=1S/C17H16N4O2S2/c1-11-7-8-12(23-11)9-20(2)15(22)10-24-16-18-19-17-21(16)13-5-3-4-6-14(13)25-17/h3-8H,9-10H2,1-2H3. The number of aryl methyl sites for hydroxylation is 1. The summed E-state index contributed by atoms with van der Waals surface area (Å²) in [4.78, 5) is 14.9. The van der Waals surface area contributed by atoms with Crippen LogP contribution in [0, 0.1) is 6.92 Å². The van der Waals surface area contributed by atoms with Gasteiger partial charge in [-0.25, -0.2) is 0 Å². The van der Waals surface area contributed by atoms with Gasteiger partial charge in [0.25, 0.3) is 0 Å². The molecule has 0 atom stereocenters. The van der Waals surface area contributed by atoms with Crippen LogP contribution in [0.5, 0.6) is 0 Å². The maximum absolute atomic E-state index is 12.4. The highest BCUT2D eigenvalue weighted by molar-refractivity contribution is 7.99. The number of carbonyl (C=O) groups is 1. The Hall–Kier alpha value is -2.32. The predicted molar refractivity (Wildman–Crippen MR) is 99.0 cm³/mol. The van der Waals surface area contributed by atoms with Crippen molar-refractivity contribution in [1.29, 1.82) is 0 Å². The average Bonchev–Trinajstić information content (AvgIpc) is 3.28. The second-order valence-electron chi connectivity index (χ2n) is 5.72. The van der Waals surface area contributed by atoms with Gasteiger partial charge in [-0.3, -0.25) is 9.20 Å². The van der Waals surface area contributed by atoms with Crippen molar-refractivity contribution >= 4 is 44.2 Å². The maximum atomic E-state index is 12.4. The Labute approximate surface area is 152 Å². The lowest BCUT2D eigenvalue weighted by Crippen LogP contribution is -2.27. The van der Waals surface area contributed by atoms with Gasteiger partial charge in [-0.2, -0.15) is 0 Å². The number of aromatic nitrogens is 3. The Morgan fingerprint density at radius 1 is 1.28 bits per heavy atom. The number of furan rings is 1. The number of thiazole rings is 1. The van der Waals surface area contributed by atoms with Crippen LogP contribution >= 0.6 is 23.1 Å². The first-order chi connectivity index (χ1) is 12.1. The second kappa shape index (κ2) is 6.53. The van der Waals surface area contributed by atoms with E-state index in [9.17, 15) is 4.79 Å². The number of benzene rings is 1. The van der Waals surface area contributed by atoms with Gasteiger partial charge >= 0.3 is 0 Å². The first kappa shape index (κ1) is 16.2. The Bertz CT molecular complexity index is 1050. The summed E-state index contributed by atoms with van der Waals surface area (Å²) in [5.41, 5.74) is 1.07. The Morgan fingerprint density at radius 3 is 2.92 bits per heavy atom. The summed E-state index contributed by atoms with van der Waals surface area (Å²) in [6.45, 7) is 2.35. The van der Waals surface area contributed by atoms with Gasteiger partial charge in [-0.1, -0.05) is 35.2 Å². The first-order valence-electron chi connectivity index (χ1n) is 7.76. The normalized spacial score (nSPS) is 11.4. The lowest BCUT2D eigenvalue weighted by Gasteiger charge is -2.15. The number of amides is 1. The number of rotatable bonds is 5. The molecule has 0 fully saturated rings. The molecule has 0 aliphatic heterocycles. The molecular formula is C17H16N4O2S2. The summed E-state index contributed by atoms with van der Waals surface area (Å²) < 4.78 is 8.69. The van der Waals surface area contributed by atoms with Gasteiger partial charge in [0, 0.05) is 7.05 Å². The molecule has 0 spiro atoms. The van der Waals surface area contributed by atoms with Crippen LogP contribution in [0.1, 0.15) is 11.5 Å². The minimum atomic E-state index is 0.0235. The molecule has 4 aromatic rings. The zero-order valence-corrected chi connectivity index (χ0v) is 15.4. The average molecular weight is 372 g/mol. The third-order valence-corrected chi connectivity index (χ3v) is 5.78. The van der Waals surface area contributed by atoms with Crippen LogP contribution in [-0.2, 0) is 11.3 Å². The van der Waals surface area contributed by atoms with Gasteiger partial charge in [0.15, 0.2) is 5.16 Å². The number of hydrogen-bond donors (Lipinski definition) is 0. The highest BCUT2D eigenvalue weighted by Gasteiger charge is 2.16. The molecule has 128 valence electrons. The van der Waals surface area contributed by atoms with Crippen molar-refractivity contribution in [2.24, 2.45) is 0 Å². The molecule has 0 saturated carbocycles. The molecule has 0 bridgehead atoms. The van der Waals surface area contributed by atoms with E-state index in [0.29, 0.717) is 12.3 Å². The number of fused-ring (bicyclic) bond motifs is 3. The van der Waals surface area contributed by atoms with E-state index in [2.05, 4.69) is 16.3 Å². The molecular weight excluding hydrogens is 356 g/mol. The molecule has 0 radical (unpaired) electrons. The first-order valence-corrected chi connectivity index (χ1v) is 9.57. The Kier molecular flexibility index (Phi) is 4.22. The third-order valence-electron chi connectivity index (χ3n) is 3.85. The van der Waals surface area contributed by atoms with Gasteiger partial charge in [-0.05, 0) is 31.2 Å². The Morgan fingerprint density at radius 2 is 2.12 bits per heavy atom. The van der Waals surface area contributed by atoms with Crippen molar-refractivity contribution in [3.05, 3.63) is 47.9 Å². The molecule has 0 saturated heterocycles. The van der Waals surface area contributed by atoms with E-state index in [-0.39, 0.29) is 5.91 Å². The molecule has 0 aliphatic rings. The van der Waals surface area contributed by atoms with E-state index >= 15 is 0 Å². The molecule has 6 nitrogen and oxygen atoms in total. The van der Waals surface area contributed by atoms with Crippen molar-refractivity contribution in [3.8, 4) is 0 Å². The predicted octanol–water partition coefficient (Wildman–Crippen LogP) is 3.60. The van der Waals surface area contributed by atoms with Crippen molar-refractivity contribution < 1.29 is 9.21 Å². The number of thioether (sulfide) groups is 1. The molecule has 25 heavy (non-hydrogen) atoms. The second-order valence-corrected chi connectivity index (χ2v) is 7.67. The van der Waals surface area contributed by atoms with Gasteiger partial charge in [-0.15, -0.1) is 10.2 Å². The minimum Gasteiger partial charge on any atom is -0.464 e. The van der Waals surface area contributed by atoms with Crippen LogP contribution < -0.4 is 0 Å². The summed E-state index contributed by atoms with van der Waals surface area (Å²) in [5.74, 6) is 1.96. The fourth-order valence-corrected chi connectivity index (χ4v) is 4.49. The summed E-state index contributed by atoms with van der Waals surface area (Å²) in [7, 11) is 1.78. The molecule has 3 aromatic heterocycles. The van der Waals surface area contributed by atoms with E-state index in [1.54, 1.807) is 23.3 Å². The zero-order chi connectivity index (χ0) is 17.4. The molecule has 8 heteroatoms. The minimum absolute atomic E-state index is 0.0235. The molecule has 1 amide bonds. The van der Waals surface area contributed by atoms with Crippen molar-refractivity contribution in [2.45, 2.75) is 18.6 Å². The van der Waals surface area contributed by atoms with E-state index < -0.39 is 0 Å².